The standard InChI is InChI=1S/C7H18NOP/c1-7(2,5-8-3)6-9-10-4/h8,10H,5-6H2,1-4H3. The summed E-state index contributed by atoms with van der Waals surface area (Å²) in [5.74, 6) is 0. The van der Waals surface area contributed by atoms with E-state index in [2.05, 4.69) is 25.8 Å². The van der Waals surface area contributed by atoms with Gasteiger partial charge in [0.15, 0.2) is 0 Å². The van der Waals surface area contributed by atoms with Gasteiger partial charge in [-0.1, -0.05) is 13.8 Å². The van der Waals surface area contributed by atoms with Crippen molar-refractivity contribution in [3.63, 3.8) is 0 Å². The van der Waals surface area contributed by atoms with E-state index in [-0.39, 0.29) is 5.41 Å². The molecular formula is C7H18NOP. The molecule has 0 radical (unpaired) electrons. The Balaban J connectivity index is 3.42. The lowest BCUT2D eigenvalue weighted by Gasteiger charge is -2.23. The van der Waals surface area contributed by atoms with Crippen LogP contribution in [0.3, 0.4) is 0 Å². The Bertz CT molecular complexity index is 85.7. The third-order valence-corrected chi connectivity index (χ3v) is 1.70. The SMILES string of the molecule is CNCC(C)(C)COPC. The quantitative estimate of drug-likeness (QED) is 0.620. The maximum atomic E-state index is 5.34. The first kappa shape index (κ1) is 10.3. The van der Waals surface area contributed by atoms with Crippen LogP contribution in [0.5, 0.6) is 0 Å². The Kier molecular flexibility index (Phi) is 5.24. The number of rotatable bonds is 5. The van der Waals surface area contributed by atoms with Crippen LogP contribution in [0.1, 0.15) is 13.8 Å². The average molecular weight is 163 g/mol. The zero-order valence-electron chi connectivity index (χ0n) is 7.32. The molecule has 0 fully saturated rings. The van der Waals surface area contributed by atoms with Crippen molar-refractivity contribution < 1.29 is 4.52 Å². The van der Waals surface area contributed by atoms with E-state index in [0.29, 0.717) is 8.81 Å². The summed E-state index contributed by atoms with van der Waals surface area (Å²) in [6, 6.07) is 0. The van der Waals surface area contributed by atoms with Crippen LogP contribution in [0, 0.1) is 5.41 Å². The van der Waals surface area contributed by atoms with E-state index < -0.39 is 0 Å². The van der Waals surface area contributed by atoms with Crippen molar-refractivity contribution in [1.82, 2.24) is 5.32 Å². The molecule has 0 spiro atoms. The number of hydrogen-bond acceptors (Lipinski definition) is 2. The first-order valence-corrected chi connectivity index (χ1v) is 4.96. The van der Waals surface area contributed by atoms with Gasteiger partial charge in [0.2, 0.25) is 0 Å². The van der Waals surface area contributed by atoms with Crippen molar-refractivity contribution in [2.75, 3.05) is 26.9 Å². The van der Waals surface area contributed by atoms with E-state index in [4.69, 9.17) is 4.52 Å². The summed E-state index contributed by atoms with van der Waals surface area (Å²) >= 11 is 0. The van der Waals surface area contributed by atoms with E-state index in [9.17, 15) is 0 Å². The average Bonchev–Trinajstić information content (AvgIpc) is 1.84. The molecule has 0 aliphatic rings. The van der Waals surface area contributed by atoms with Crippen LogP contribution in [-0.4, -0.2) is 26.9 Å². The molecule has 0 aromatic carbocycles. The van der Waals surface area contributed by atoms with Gasteiger partial charge in [-0.25, -0.2) is 0 Å². The fourth-order valence-electron chi connectivity index (χ4n) is 0.797. The topological polar surface area (TPSA) is 21.3 Å². The highest BCUT2D eigenvalue weighted by Crippen LogP contribution is 2.18. The number of hydrogen-bond donors (Lipinski definition) is 1. The Hall–Kier alpha value is 0.350. The minimum absolute atomic E-state index is 0.276. The van der Waals surface area contributed by atoms with Crippen molar-refractivity contribution in [3.8, 4) is 0 Å². The minimum Gasteiger partial charge on any atom is -0.362 e. The van der Waals surface area contributed by atoms with Gasteiger partial charge in [-0.05, 0) is 13.7 Å². The van der Waals surface area contributed by atoms with E-state index >= 15 is 0 Å². The largest absolute Gasteiger partial charge is 0.362 e. The van der Waals surface area contributed by atoms with Crippen LogP contribution in [0.15, 0.2) is 0 Å². The summed E-state index contributed by atoms with van der Waals surface area (Å²) in [5.41, 5.74) is 0.276. The van der Waals surface area contributed by atoms with Crippen molar-refractivity contribution in [2.24, 2.45) is 5.41 Å². The third-order valence-electron chi connectivity index (χ3n) is 1.26. The van der Waals surface area contributed by atoms with Crippen LogP contribution in [-0.2, 0) is 4.52 Å². The van der Waals surface area contributed by atoms with Gasteiger partial charge in [-0.15, -0.1) is 0 Å². The molecule has 0 aromatic rings. The summed E-state index contributed by atoms with van der Waals surface area (Å²) in [5, 5.41) is 3.14. The Morgan fingerprint density at radius 2 is 2.10 bits per heavy atom. The van der Waals surface area contributed by atoms with Crippen molar-refractivity contribution >= 4 is 8.81 Å². The maximum absolute atomic E-state index is 5.34. The van der Waals surface area contributed by atoms with E-state index in [0.717, 1.165) is 13.2 Å². The molecule has 0 saturated heterocycles. The van der Waals surface area contributed by atoms with Crippen LogP contribution in [0.2, 0.25) is 0 Å². The van der Waals surface area contributed by atoms with Crippen LogP contribution >= 0.6 is 8.81 Å². The highest BCUT2D eigenvalue weighted by atomic mass is 31.1. The zero-order chi connectivity index (χ0) is 8.04. The lowest BCUT2D eigenvalue weighted by molar-refractivity contribution is 0.199. The monoisotopic (exact) mass is 163 g/mol. The van der Waals surface area contributed by atoms with Gasteiger partial charge in [-0.2, -0.15) is 0 Å². The minimum atomic E-state index is 0.276. The second-order valence-corrected chi connectivity index (χ2v) is 3.88. The van der Waals surface area contributed by atoms with Gasteiger partial charge >= 0.3 is 0 Å². The molecule has 2 nitrogen and oxygen atoms in total. The Morgan fingerprint density at radius 3 is 2.50 bits per heavy atom. The molecule has 62 valence electrons. The van der Waals surface area contributed by atoms with Gasteiger partial charge in [-0.3, -0.25) is 0 Å². The van der Waals surface area contributed by atoms with Gasteiger partial charge in [0.25, 0.3) is 0 Å². The van der Waals surface area contributed by atoms with Crippen molar-refractivity contribution in [2.45, 2.75) is 13.8 Å². The molecule has 0 aliphatic carbocycles. The van der Waals surface area contributed by atoms with E-state index in [1.807, 2.05) is 7.05 Å². The van der Waals surface area contributed by atoms with Crippen LogP contribution < -0.4 is 5.32 Å². The molecule has 1 atom stereocenters. The number of nitrogens with one attached hydrogen (secondary N) is 1. The molecule has 0 amide bonds. The van der Waals surface area contributed by atoms with Crippen LogP contribution in [0.4, 0.5) is 0 Å². The molecule has 0 saturated carbocycles. The van der Waals surface area contributed by atoms with Crippen LogP contribution in [0.25, 0.3) is 0 Å². The van der Waals surface area contributed by atoms with Crippen molar-refractivity contribution in [1.29, 1.82) is 0 Å². The zero-order valence-corrected chi connectivity index (χ0v) is 8.32. The molecule has 10 heavy (non-hydrogen) atoms. The first-order chi connectivity index (χ1) is 4.62. The Morgan fingerprint density at radius 1 is 1.50 bits per heavy atom. The van der Waals surface area contributed by atoms with Gasteiger partial charge in [0.1, 0.15) is 0 Å². The molecule has 0 bridgehead atoms. The second-order valence-electron chi connectivity index (χ2n) is 3.19. The van der Waals surface area contributed by atoms with Gasteiger partial charge in [0, 0.05) is 20.8 Å². The summed E-state index contributed by atoms with van der Waals surface area (Å²) in [7, 11) is 2.58. The molecule has 1 unspecified atom stereocenters. The van der Waals surface area contributed by atoms with Crippen molar-refractivity contribution in [3.05, 3.63) is 0 Å². The molecule has 0 aromatic heterocycles. The molecule has 3 heteroatoms. The van der Waals surface area contributed by atoms with Gasteiger partial charge in [0.05, 0.1) is 6.61 Å². The lowest BCUT2D eigenvalue weighted by Crippen LogP contribution is -2.30. The van der Waals surface area contributed by atoms with Gasteiger partial charge < -0.3 is 9.84 Å². The fraction of sp³-hybridized carbons (Fsp3) is 1.00. The summed E-state index contributed by atoms with van der Waals surface area (Å²) in [4.78, 5) is 0. The smallest absolute Gasteiger partial charge is 0.0568 e. The molecular weight excluding hydrogens is 145 g/mol. The lowest BCUT2D eigenvalue weighted by atomic mass is 9.95. The molecule has 1 N–H and O–H groups in total. The summed E-state index contributed by atoms with van der Waals surface area (Å²) < 4.78 is 5.34. The molecule has 0 heterocycles. The summed E-state index contributed by atoms with van der Waals surface area (Å²) in [6.07, 6.45) is 0. The third kappa shape index (κ3) is 5.16. The fourth-order valence-corrected chi connectivity index (χ4v) is 1.33. The predicted octanol–water partition coefficient (Wildman–Crippen LogP) is 1.47. The first-order valence-electron chi connectivity index (χ1n) is 3.55. The van der Waals surface area contributed by atoms with E-state index in [1.165, 1.54) is 0 Å². The Labute approximate surface area is 65.6 Å². The normalized spacial score (nSPS) is 13.2. The predicted molar refractivity (Wildman–Crippen MR) is 47.9 cm³/mol. The maximum Gasteiger partial charge on any atom is 0.0568 e. The highest BCUT2D eigenvalue weighted by molar-refractivity contribution is 7.31. The van der Waals surface area contributed by atoms with E-state index in [1.54, 1.807) is 0 Å². The molecule has 0 aliphatic heterocycles. The second kappa shape index (κ2) is 5.06. The summed E-state index contributed by atoms with van der Waals surface area (Å²) in [6.45, 7) is 8.31. The highest BCUT2D eigenvalue weighted by Gasteiger charge is 2.15. The molecule has 0 rings (SSSR count).